The van der Waals surface area contributed by atoms with Gasteiger partial charge in [-0.15, -0.1) is 0 Å². The van der Waals surface area contributed by atoms with Gasteiger partial charge in [0, 0.05) is 23.9 Å². The predicted octanol–water partition coefficient (Wildman–Crippen LogP) is 3.09. The molecule has 4 nitrogen and oxygen atoms in total. The van der Waals surface area contributed by atoms with Gasteiger partial charge in [0.15, 0.2) is 11.5 Å². The second kappa shape index (κ2) is 6.91. The monoisotopic (exact) mass is 291 g/mol. The van der Waals surface area contributed by atoms with Crippen LogP contribution in [0.2, 0.25) is 0 Å². The fraction of sp³-hybridized carbons (Fsp3) is 0.200. The zero-order valence-electron chi connectivity index (χ0n) is 11.0. The van der Waals surface area contributed by atoms with Gasteiger partial charge in [-0.05, 0) is 41.9 Å². The molecule has 1 aromatic carbocycles. The maximum absolute atomic E-state index is 11.2. The molecule has 0 saturated heterocycles. The molecule has 0 fully saturated rings. The lowest BCUT2D eigenvalue weighted by Crippen LogP contribution is -2.04. The standard InChI is InChI=1S/C15H14ClNO3/c1-19-13-6-5-11(15(16)18)10-14(13)20-9-7-12-4-2-3-8-17-12/h2-6,8,10H,7,9H2,1H3. The molecule has 2 aromatic rings. The van der Waals surface area contributed by atoms with Crippen molar-refractivity contribution in [2.45, 2.75) is 6.42 Å². The van der Waals surface area contributed by atoms with E-state index in [1.807, 2.05) is 18.2 Å². The molecule has 0 radical (unpaired) electrons. The normalized spacial score (nSPS) is 10.1. The van der Waals surface area contributed by atoms with Crippen LogP contribution in [-0.4, -0.2) is 23.9 Å². The molecular formula is C15H14ClNO3. The van der Waals surface area contributed by atoms with E-state index in [4.69, 9.17) is 21.1 Å². The number of halogens is 1. The first-order valence-electron chi connectivity index (χ1n) is 6.11. The van der Waals surface area contributed by atoms with E-state index >= 15 is 0 Å². The molecule has 0 bridgehead atoms. The van der Waals surface area contributed by atoms with E-state index in [1.165, 1.54) is 0 Å². The predicted molar refractivity (Wildman–Crippen MR) is 76.6 cm³/mol. The van der Waals surface area contributed by atoms with Gasteiger partial charge >= 0.3 is 0 Å². The molecule has 0 spiro atoms. The lowest BCUT2D eigenvalue weighted by molar-refractivity contribution is 0.108. The van der Waals surface area contributed by atoms with Crippen LogP contribution in [0.3, 0.4) is 0 Å². The van der Waals surface area contributed by atoms with Gasteiger partial charge in [-0.25, -0.2) is 0 Å². The third kappa shape index (κ3) is 3.71. The molecule has 5 heteroatoms. The van der Waals surface area contributed by atoms with Crippen LogP contribution in [-0.2, 0) is 6.42 Å². The Morgan fingerprint density at radius 3 is 2.75 bits per heavy atom. The van der Waals surface area contributed by atoms with Crippen molar-refractivity contribution in [1.29, 1.82) is 0 Å². The number of hydrogen-bond donors (Lipinski definition) is 0. The minimum absolute atomic E-state index is 0.375. The van der Waals surface area contributed by atoms with E-state index in [2.05, 4.69) is 4.98 Å². The van der Waals surface area contributed by atoms with Crippen molar-refractivity contribution in [1.82, 2.24) is 4.98 Å². The van der Waals surface area contributed by atoms with Crippen molar-refractivity contribution in [3.05, 3.63) is 53.9 Å². The maximum Gasteiger partial charge on any atom is 0.252 e. The van der Waals surface area contributed by atoms with Crippen molar-refractivity contribution < 1.29 is 14.3 Å². The summed E-state index contributed by atoms with van der Waals surface area (Å²) in [6.45, 7) is 0.438. The van der Waals surface area contributed by atoms with E-state index < -0.39 is 5.24 Å². The number of carbonyl (C=O) groups is 1. The molecule has 0 aliphatic carbocycles. The second-order valence-corrected chi connectivity index (χ2v) is 4.40. The van der Waals surface area contributed by atoms with Crippen molar-refractivity contribution in [2.75, 3.05) is 13.7 Å². The van der Waals surface area contributed by atoms with Crippen LogP contribution < -0.4 is 9.47 Å². The van der Waals surface area contributed by atoms with Crippen LogP contribution in [0.25, 0.3) is 0 Å². The zero-order chi connectivity index (χ0) is 14.4. The Morgan fingerprint density at radius 2 is 2.10 bits per heavy atom. The summed E-state index contributed by atoms with van der Waals surface area (Å²) in [7, 11) is 1.54. The summed E-state index contributed by atoms with van der Waals surface area (Å²) < 4.78 is 10.8. The van der Waals surface area contributed by atoms with E-state index in [0.29, 0.717) is 30.1 Å². The van der Waals surface area contributed by atoms with Crippen molar-refractivity contribution in [3.63, 3.8) is 0 Å². The van der Waals surface area contributed by atoms with Gasteiger partial charge in [0.1, 0.15) is 0 Å². The highest BCUT2D eigenvalue weighted by molar-refractivity contribution is 6.67. The molecule has 104 valence electrons. The van der Waals surface area contributed by atoms with E-state index in [-0.39, 0.29) is 0 Å². The van der Waals surface area contributed by atoms with Gasteiger partial charge in [0.2, 0.25) is 0 Å². The summed E-state index contributed by atoms with van der Waals surface area (Å²) in [4.78, 5) is 15.4. The number of rotatable bonds is 6. The maximum atomic E-state index is 11.2. The molecule has 0 amide bonds. The number of benzene rings is 1. The number of aromatic nitrogens is 1. The summed E-state index contributed by atoms with van der Waals surface area (Å²) >= 11 is 5.46. The summed E-state index contributed by atoms with van der Waals surface area (Å²) in [6.07, 6.45) is 2.41. The zero-order valence-corrected chi connectivity index (χ0v) is 11.8. The average Bonchev–Trinajstić information content (AvgIpc) is 2.48. The number of ether oxygens (including phenoxy) is 2. The molecule has 1 aromatic heterocycles. The van der Waals surface area contributed by atoms with Crippen LogP contribution in [0.4, 0.5) is 0 Å². The smallest absolute Gasteiger partial charge is 0.252 e. The number of carbonyl (C=O) groups excluding carboxylic acids is 1. The van der Waals surface area contributed by atoms with Gasteiger partial charge in [-0.1, -0.05) is 6.07 Å². The summed E-state index contributed by atoms with van der Waals surface area (Å²) in [6, 6.07) is 10.6. The summed E-state index contributed by atoms with van der Waals surface area (Å²) in [5.74, 6) is 1.06. The average molecular weight is 292 g/mol. The minimum atomic E-state index is -0.526. The molecule has 2 rings (SSSR count). The van der Waals surface area contributed by atoms with Crippen LogP contribution in [0.5, 0.6) is 11.5 Å². The fourth-order valence-electron chi connectivity index (χ4n) is 1.72. The first kappa shape index (κ1) is 14.3. The van der Waals surface area contributed by atoms with Crippen LogP contribution in [0.1, 0.15) is 16.1 Å². The summed E-state index contributed by atoms with van der Waals surface area (Å²) in [5, 5.41) is -0.526. The Labute approximate surface area is 122 Å². The number of pyridine rings is 1. The van der Waals surface area contributed by atoms with E-state index in [0.717, 1.165) is 5.69 Å². The molecule has 1 heterocycles. The summed E-state index contributed by atoms with van der Waals surface area (Å²) in [5.41, 5.74) is 1.32. The molecule has 0 aliphatic rings. The highest BCUT2D eigenvalue weighted by Crippen LogP contribution is 2.28. The lowest BCUT2D eigenvalue weighted by Gasteiger charge is -2.11. The van der Waals surface area contributed by atoms with Gasteiger partial charge in [0.25, 0.3) is 5.24 Å². The van der Waals surface area contributed by atoms with E-state index in [1.54, 1.807) is 31.5 Å². The van der Waals surface area contributed by atoms with Crippen molar-refractivity contribution in [2.24, 2.45) is 0 Å². The largest absolute Gasteiger partial charge is 0.493 e. The molecule has 0 N–H and O–H groups in total. The van der Waals surface area contributed by atoms with Gasteiger partial charge in [-0.3, -0.25) is 9.78 Å². The number of methoxy groups -OCH3 is 1. The second-order valence-electron chi connectivity index (χ2n) is 4.06. The van der Waals surface area contributed by atoms with Crippen LogP contribution in [0.15, 0.2) is 42.6 Å². The minimum Gasteiger partial charge on any atom is -0.493 e. The lowest BCUT2D eigenvalue weighted by atomic mass is 10.2. The Kier molecular flexibility index (Phi) is 4.96. The van der Waals surface area contributed by atoms with Gasteiger partial charge in [-0.2, -0.15) is 0 Å². The Hall–Kier alpha value is -2.07. The third-order valence-corrected chi connectivity index (χ3v) is 2.95. The first-order chi connectivity index (χ1) is 9.70. The molecule has 0 aliphatic heterocycles. The molecule has 0 unspecified atom stereocenters. The highest BCUT2D eigenvalue weighted by Gasteiger charge is 2.09. The third-order valence-electron chi connectivity index (χ3n) is 2.73. The SMILES string of the molecule is COc1ccc(C(=O)Cl)cc1OCCc1ccccn1. The molecule has 20 heavy (non-hydrogen) atoms. The van der Waals surface area contributed by atoms with Gasteiger partial charge < -0.3 is 9.47 Å². The Balaban J connectivity index is 2.04. The van der Waals surface area contributed by atoms with E-state index in [9.17, 15) is 4.79 Å². The Bertz CT molecular complexity index is 587. The Morgan fingerprint density at radius 1 is 1.25 bits per heavy atom. The first-order valence-corrected chi connectivity index (χ1v) is 6.49. The van der Waals surface area contributed by atoms with Crippen LogP contribution in [0, 0.1) is 0 Å². The van der Waals surface area contributed by atoms with Gasteiger partial charge in [0.05, 0.1) is 13.7 Å². The quantitative estimate of drug-likeness (QED) is 0.767. The fourth-order valence-corrected chi connectivity index (χ4v) is 1.84. The van der Waals surface area contributed by atoms with Crippen LogP contribution >= 0.6 is 11.6 Å². The number of hydrogen-bond acceptors (Lipinski definition) is 4. The molecular weight excluding hydrogens is 278 g/mol. The van der Waals surface area contributed by atoms with Crippen molar-refractivity contribution >= 4 is 16.8 Å². The van der Waals surface area contributed by atoms with Crippen molar-refractivity contribution in [3.8, 4) is 11.5 Å². The molecule has 0 saturated carbocycles. The molecule has 0 atom stereocenters. The highest BCUT2D eigenvalue weighted by atomic mass is 35.5. The number of nitrogens with zero attached hydrogens (tertiary/aromatic N) is 1. The topological polar surface area (TPSA) is 48.4 Å².